The zero-order valence-corrected chi connectivity index (χ0v) is 8.27. The first-order valence-electron chi connectivity index (χ1n) is 3.28. The Kier molecular flexibility index (Phi) is 5.03. The monoisotopic (exact) mass is 220 g/mol. The molecule has 0 radical (unpaired) electrons. The number of halogens is 2. The molecule has 0 amide bonds. The zero-order chi connectivity index (χ0) is 8.97. The third kappa shape index (κ3) is 4.45. The zero-order valence-electron chi connectivity index (χ0n) is 6.70. The number of anilines is 1. The van der Waals surface area contributed by atoms with Gasteiger partial charge < -0.3 is 11.5 Å². The highest BCUT2D eigenvalue weighted by atomic mass is 35.5. The summed E-state index contributed by atoms with van der Waals surface area (Å²) < 4.78 is 0. The van der Waals surface area contributed by atoms with Crippen molar-refractivity contribution >= 4 is 35.7 Å². The van der Waals surface area contributed by atoms with Gasteiger partial charge in [-0.05, 0) is 18.2 Å². The van der Waals surface area contributed by atoms with Crippen LogP contribution in [0.4, 0.5) is 5.69 Å². The Labute approximate surface area is 87.3 Å². The van der Waals surface area contributed by atoms with Crippen LogP contribution < -0.4 is 16.9 Å². The van der Waals surface area contributed by atoms with Crippen molar-refractivity contribution in [2.45, 2.75) is 0 Å². The van der Waals surface area contributed by atoms with Crippen molar-refractivity contribution in [2.75, 3.05) is 5.43 Å². The van der Waals surface area contributed by atoms with Crippen LogP contribution in [0.25, 0.3) is 0 Å². The molecule has 72 valence electrons. The summed E-state index contributed by atoms with van der Waals surface area (Å²) in [5, 5.41) is 4.23. The first kappa shape index (κ1) is 11.9. The van der Waals surface area contributed by atoms with Crippen LogP contribution in [0.3, 0.4) is 0 Å². The molecule has 0 unspecified atom stereocenters. The summed E-state index contributed by atoms with van der Waals surface area (Å²) in [6, 6.07) is 7.08. The molecule has 0 fully saturated rings. The van der Waals surface area contributed by atoms with E-state index in [1.165, 1.54) is 0 Å². The number of hydrazone groups is 1. The molecule has 0 bridgehead atoms. The lowest BCUT2D eigenvalue weighted by Gasteiger charge is -1.99. The summed E-state index contributed by atoms with van der Waals surface area (Å²) in [5.74, 6) is -0.0185. The van der Waals surface area contributed by atoms with Gasteiger partial charge in [0, 0.05) is 5.02 Å². The largest absolute Gasteiger partial charge is 0.369 e. The van der Waals surface area contributed by atoms with Gasteiger partial charge in [-0.1, -0.05) is 17.7 Å². The molecular formula is C7H10Cl2N4. The second-order valence-electron chi connectivity index (χ2n) is 2.16. The molecule has 4 nitrogen and oxygen atoms in total. The average Bonchev–Trinajstić information content (AvgIpc) is 2.01. The molecule has 0 saturated carbocycles. The van der Waals surface area contributed by atoms with Crippen LogP contribution >= 0.6 is 24.0 Å². The number of benzene rings is 1. The fraction of sp³-hybridized carbons (Fsp3) is 0. The highest BCUT2D eigenvalue weighted by Gasteiger charge is 1.90. The van der Waals surface area contributed by atoms with E-state index in [0.29, 0.717) is 5.02 Å². The first-order valence-corrected chi connectivity index (χ1v) is 3.66. The van der Waals surface area contributed by atoms with Crippen molar-refractivity contribution in [3.8, 4) is 0 Å². The summed E-state index contributed by atoms with van der Waals surface area (Å²) in [5.41, 5.74) is 13.6. The van der Waals surface area contributed by atoms with Gasteiger partial charge in [0.05, 0.1) is 5.69 Å². The number of nitrogens with zero attached hydrogens (tertiary/aromatic N) is 1. The Morgan fingerprint density at radius 1 is 1.38 bits per heavy atom. The second kappa shape index (κ2) is 5.50. The van der Waals surface area contributed by atoms with E-state index in [0.717, 1.165) is 5.69 Å². The summed E-state index contributed by atoms with van der Waals surface area (Å²) in [4.78, 5) is 0. The van der Waals surface area contributed by atoms with Crippen LogP contribution in [-0.2, 0) is 0 Å². The van der Waals surface area contributed by atoms with Gasteiger partial charge in [0.2, 0.25) is 5.96 Å². The lowest BCUT2D eigenvalue weighted by molar-refractivity contribution is 1.29. The van der Waals surface area contributed by atoms with Gasteiger partial charge in [0.1, 0.15) is 0 Å². The van der Waals surface area contributed by atoms with Crippen LogP contribution in [0.1, 0.15) is 0 Å². The summed E-state index contributed by atoms with van der Waals surface area (Å²) in [6.45, 7) is 0. The number of rotatable bonds is 2. The molecule has 0 heterocycles. The number of nitrogens with one attached hydrogen (secondary N) is 1. The highest BCUT2D eigenvalue weighted by Crippen LogP contribution is 2.14. The molecule has 13 heavy (non-hydrogen) atoms. The summed E-state index contributed by atoms with van der Waals surface area (Å²) in [7, 11) is 0. The minimum Gasteiger partial charge on any atom is -0.369 e. The molecule has 0 aliphatic heterocycles. The predicted molar refractivity (Wildman–Crippen MR) is 58.1 cm³/mol. The third-order valence-electron chi connectivity index (χ3n) is 1.14. The third-order valence-corrected chi connectivity index (χ3v) is 1.37. The van der Waals surface area contributed by atoms with Crippen LogP contribution in [0.5, 0.6) is 0 Å². The van der Waals surface area contributed by atoms with Crippen LogP contribution in [0.2, 0.25) is 5.02 Å². The lowest BCUT2D eigenvalue weighted by Crippen LogP contribution is -2.23. The number of guanidine groups is 1. The minimum atomic E-state index is -0.0185. The molecule has 0 atom stereocenters. The van der Waals surface area contributed by atoms with Crippen molar-refractivity contribution in [3.05, 3.63) is 29.3 Å². The van der Waals surface area contributed by atoms with E-state index in [9.17, 15) is 0 Å². The Balaban J connectivity index is 0.00000144. The standard InChI is InChI=1S/C7H9ClN4.ClH/c8-5-2-1-3-6(4-5)11-12-7(9)10;/h1-4,11H,(H4,9,10,12);1H. The summed E-state index contributed by atoms with van der Waals surface area (Å²) >= 11 is 5.71. The van der Waals surface area contributed by atoms with E-state index in [2.05, 4.69) is 10.5 Å². The maximum atomic E-state index is 5.71. The van der Waals surface area contributed by atoms with Gasteiger partial charge in [-0.25, -0.2) is 0 Å². The Hall–Kier alpha value is -1.13. The Morgan fingerprint density at radius 3 is 2.62 bits per heavy atom. The predicted octanol–water partition coefficient (Wildman–Crippen LogP) is 1.36. The van der Waals surface area contributed by atoms with Crippen molar-refractivity contribution < 1.29 is 0 Å². The van der Waals surface area contributed by atoms with Gasteiger partial charge >= 0.3 is 0 Å². The molecule has 6 heteroatoms. The van der Waals surface area contributed by atoms with Crippen molar-refractivity contribution in [1.82, 2.24) is 0 Å². The quantitative estimate of drug-likeness (QED) is 0.401. The lowest BCUT2D eigenvalue weighted by atomic mass is 10.3. The first-order chi connectivity index (χ1) is 5.68. The maximum Gasteiger partial charge on any atom is 0.208 e. The molecule has 0 aromatic heterocycles. The van der Waals surface area contributed by atoms with E-state index in [-0.39, 0.29) is 18.4 Å². The van der Waals surface area contributed by atoms with Crippen molar-refractivity contribution in [2.24, 2.45) is 16.6 Å². The normalized spacial score (nSPS) is 8.38. The van der Waals surface area contributed by atoms with Gasteiger partial charge in [0.15, 0.2) is 0 Å². The molecule has 0 spiro atoms. The molecule has 0 aliphatic rings. The molecule has 0 saturated heterocycles. The highest BCUT2D eigenvalue weighted by molar-refractivity contribution is 6.30. The van der Waals surface area contributed by atoms with Gasteiger partial charge in [-0.15, -0.1) is 17.5 Å². The number of hydrogen-bond donors (Lipinski definition) is 3. The Bertz CT molecular complexity index is 296. The smallest absolute Gasteiger partial charge is 0.208 e. The van der Waals surface area contributed by atoms with Crippen LogP contribution in [0, 0.1) is 0 Å². The number of hydrogen-bond acceptors (Lipinski definition) is 2. The van der Waals surface area contributed by atoms with Gasteiger partial charge in [0.25, 0.3) is 0 Å². The van der Waals surface area contributed by atoms with E-state index >= 15 is 0 Å². The average molecular weight is 221 g/mol. The molecule has 1 aromatic carbocycles. The Morgan fingerprint density at radius 2 is 2.08 bits per heavy atom. The molecule has 5 N–H and O–H groups in total. The number of nitrogens with two attached hydrogens (primary N) is 2. The minimum absolute atomic E-state index is 0. The van der Waals surface area contributed by atoms with E-state index in [1.807, 2.05) is 0 Å². The van der Waals surface area contributed by atoms with Crippen LogP contribution in [0.15, 0.2) is 29.4 Å². The molecule has 1 rings (SSSR count). The van der Waals surface area contributed by atoms with Crippen molar-refractivity contribution in [1.29, 1.82) is 0 Å². The molecule has 0 aliphatic carbocycles. The van der Waals surface area contributed by atoms with Crippen LogP contribution in [-0.4, -0.2) is 5.96 Å². The molecular weight excluding hydrogens is 211 g/mol. The topological polar surface area (TPSA) is 76.4 Å². The van der Waals surface area contributed by atoms with Gasteiger partial charge in [-0.3, -0.25) is 5.43 Å². The van der Waals surface area contributed by atoms with E-state index in [4.69, 9.17) is 23.1 Å². The fourth-order valence-electron chi connectivity index (χ4n) is 0.687. The van der Waals surface area contributed by atoms with E-state index in [1.54, 1.807) is 24.3 Å². The SMILES string of the molecule is Cl.NC(N)=NNc1cccc(Cl)c1. The maximum absolute atomic E-state index is 5.71. The van der Waals surface area contributed by atoms with Crippen molar-refractivity contribution in [3.63, 3.8) is 0 Å². The molecule has 1 aromatic rings. The van der Waals surface area contributed by atoms with E-state index < -0.39 is 0 Å². The second-order valence-corrected chi connectivity index (χ2v) is 2.60. The summed E-state index contributed by atoms with van der Waals surface area (Å²) in [6.07, 6.45) is 0. The fourth-order valence-corrected chi connectivity index (χ4v) is 0.877. The van der Waals surface area contributed by atoms with Gasteiger partial charge in [-0.2, -0.15) is 0 Å².